The van der Waals surface area contributed by atoms with E-state index >= 15 is 0 Å². The number of thiophene rings is 1. The van der Waals surface area contributed by atoms with Gasteiger partial charge in [-0.2, -0.15) is 0 Å². The summed E-state index contributed by atoms with van der Waals surface area (Å²) in [5.41, 5.74) is 17.8. The van der Waals surface area contributed by atoms with Gasteiger partial charge in [-0.3, -0.25) is 0 Å². The lowest BCUT2D eigenvalue weighted by atomic mass is 9.68. The van der Waals surface area contributed by atoms with Gasteiger partial charge in [-0.05, 0) is 121 Å². The monoisotopic (exact) mass is 819 g/mol. The summed E-state index contributed by atoms with van der Waals surface area (Å²) in [5, 5.41) is 2.63. The largest absolute Gasteiger partial charge is 0.310 e. The lowest BCUT2D eigenvalue weighted by Crippen LogP contribution is -2.28. The Morgan fingerprint density at radius 2 is 0.746 bits per heavy atom. The molecular formula is C61H41NS. The molecule has 1 aromatic heterocycles. The van der Waals surface area contributed by atoms with Gasteiger partial charge in [-0.25, -0.2) is 0 Å². The van der Waals surface area contributed by atoms with Crippen LogP contribution in [0.1, 0.15) is 22.3 Å². The van der Waals surface area contributed by atoms with E-state index in [1.807, 2.05) is 11.3 Å². The Bertz CT molecular complexity index is 3370. The quantitative estimate of drug-likeness (QED) is 0.148. The van der Waals surface area contributed by atoms with Gasteiger partial charge in [-0.1, -0.05) is 194 Å². The van der Waals surface area contributed by atoms with E-state index in [1.54, 1.807) is 0 Å². The number of hydrogen-bond acceptors (Lipinski definition) is 2. The van der Waals surface area contributed by atoms with Crippen molar-refractivity contribution >= 4 is 48.6 Å². The summed E-state index contributed by atoms with van der Waals surface area (Å²) in [5.74, 6) is 0. The van der Waals surface area contributed by atoms with E-state index < -0.39 is 5.41 Å². The molecule has 1 aliphatic rings. The summed E-state index contributed by atoms with van der Waals surface area (Å²) in [4.78, 5) is 2.40. The van der Waals surface area contributed by atoms with Gasteiger partial charge < -0.3 is 4.90 Å². The third-order valence-corrected chi connectivity index (χ3v) is 14.1. The summed E-state index contributed by atoms with van der Waals surface area (Å²) in [6.07, 6.45) is 0. The highest BCUT2D eigenvalue weighted by Crippen LogP contribution is 2.56. The molecule has 0 aliphatic heterocycles. The van der Waals surface area contributed by atoms with Crippen molar-refractivity contribution < 1.29 is 0 Å². The van der Waals surface area contributed by atoms with E-state index in [0.717, 1.165) is 17.1 Å². The summed E-state index contributed by atoms with van der Waals surface area (Å²) in [6, 6.07) is 91.4. The first-order valence-corrected chi connectivity index (χ1v) is 22.5. The molecule has 0 N–H and O–H groups in total. The van der Waals surface area contributed by atoms with Gasteiger partial charge in [-0.15, -0.1) is 11.3 Å². The molecule has 0 spiro atoms. The summed E-state index contributed by atoms with van der Waals surface area (Å²) < 4.78 is 2.64. The van der Waals surface area contributed by atoms with Crippen molar-refractivity contribution in [2.45, 2.75) is 5.41 Å². The van der Waals surface area contributed by atoms with E-state index in [1.165, 1.54) is 86.9 Å². The molecule has 0 fully saturated rings. The Hall–Kier alpha value is -7.78. The highest BCUT2D eigenvalue weighted by atomic mass is 32.1. The molecule has 1 aliphatic carbocycles. The lowest BCUT2D eigenvalue weighted by Gasteiger charge is -2.34. The van der Waals surface area contributed by atoms with Crippen molar-refractivity contribution in [1.29, 1.82) is 0 Å². The molecular weight excluding hydrogens is 779 g/mol. The average Bonchev–Trinajstić information content (AvgIpc) is 3.89. The minimum absolute atomic E-state index is 0.458. The fourth-order valence-corrected chi connectivity index (χ4v) is 11.1. The molecule has 296 valence electrons. The maximum atomic E-state index is 2.40. The van der Waals surface area contributed by atoms with Gasteiger partial charge in [0.25, 0.3) is 0 Å². The van der Waals surface area contributed by atoms with Crippen LogP contribution < -0.4 is 4.90 Å². The molecule has 11 aromatic rings. The van der Waals surface area contributed by atoms with Crippen molar-refractivity contribution in [3.05, 3.63) is 271 Å². The predicted octanol–water partition coefficient (Wildman–Crippen LogP) is 16.9. The molecule has 10 aromatic carbocycles. The topological polar surface area (TPSA) is 3.24 Å². The third-order valence-electron chi connectivity index (χ3n) is 13.0. The van der Waals surface area contributed by atoms with E-state index in [2.05, 4.69) is 254 Å². The van der Waals surface area contributed by atoms with E-state index in [-0.39, 0.29) is 0 Å². The van der Waals surface area contributed by atoms with Gasteiger partial charge in [0.1, 0.15) is 0 Å². The minimum atomic E-state index is -0.458. The van der Waals surface area contributed by atoms with Gasteiger partial charge in [0.15, 0.2) is 0 Å². The van der Waals surface area contributed by atoms with Crippen LogP contribution in [-0.4, -0.2) is 0 Å². The molecule has 0 radical (unpaired) electrons. The first kappa shape index (κ1) is 37.0. The molecule has 1 heterocycles. The number of hydrogen-bond donors (Lipinski definition) is 0. The first-order chi connectivity index (χ1) is 31.2. The van der Waals surface area contributed by atoms with Crippen molar-refractivity contribution in [2.75, 3.05) is 4.90 Å². The second-order valence-electron chi connectivity index (χ2n) is 16.4. The van der Waals surface area contributed by atoms with Crippen LogP contribution in [0.4, 0.5) is 17.1 Å². The van der Waals surface area contributed by atoms with Crippen molar-refractivity contribution in [1.82, 2.24) is 0 Å². The van der Waals surface area contributed by atoms with Gasteiger partial charge in [0.05, 0.1) is 5.41 Å². The Balaban J connectivity index is 0.977. The Morgan fingerprint density at radius 1 is 0.286 bits per heavy atom. The third kappa shape index (κ3) is 6.22. The van der Waals surface area contributed by atoms with Crippen LogP contribution in [0.3, 0.4) is 0 Å². The van der Waals surface area contributed by atoms with Crippen LogP contribution in [-0.2, 0) is 5.41 Å². The highest BCUT2D eigenvalue weighted by Gasteiger charge is 2.45. The average molecular weight is 820 g/mol. The number of nitrogens with zero attached hydrogens (tertiary/aromatic N) is 1. The van der Waals surface area contributed by atoms with Crippen molar-refractivity contribution in [2.24, 2.45) is 0 Å². The van der Waals surface area contributed by atoms with Crippen LogP contribution in [0.2, 0.25) is 0 Å². The van der Waals surface area contributed by atoms with E-state index in [9.17, 15) is 0 Å². The highest BCUT2D eigenvalue weighted by molar-refractivity contribution is 7.25. The van der Waals surface area contributed by atoms with Crippen LogP contribution in [0, 0.1) is 0 Å². The normalized spacial score (nSPS) is 12.6. The van der Waals surface area contributed by atoms with Gasteiger partial charge in [0.2, 0.25) is 0 Å². The fraction of sp³-hybridized carbons (Fsp3) is 0.0164. The standard InChI is InChI=1S/C61H41NS/c1-3-14-42(15-4-1)43-26-28-44(29-27-43)46-16-13-19-52(40-46)62(50-35-30-45(31-36-50)47-32-39-60-56(41-47)55-22-9-12-25-59(55)63-60)51-37-33-49(34-38-51)61(48-17-5-2-6-18-48)57-23-10-7-20-53(57)54-21-8-11-24-58(54)61/h1-41H. The number of anilines is 3. The Kier molecular flexibility index (Phi) is 8.98. The second-order valence-corrected chi connectivity index (χ2v) is 17.5. The fourth-order valence-electron chi connectivity index (χ4n) is 10.0. The van der Waals surface area contributed by atoms with Crippen molar-refractivity contribution in [3.63, 3.8) is 0 Å². The van der Waals surface area contributed by atoms with E-state index in [4.69, 9.17) is 0 Å². The molecule has 2 heteroatoms. The Morgan fingerprint density at radius 3 is 1.43 bits per heavy atom. The lowest BCUT2D eigenvalue weighted by molar-refractivity contribution is 0.768. The minimum Gasteiger partial charge on any atom is -0.310 e. The van der Waals surface area contributed by atoms with Crippen molar-refractivity contribution in [3.8, 4) is 44.5 Å². The SMILES string of the molecule is c1ccc(-c2ccc(-c3cccc(N(c4ccc(-c5ccc6sc7ccccc7c6c5)cc4)c4ccc(C5(c6ccccc6)c6ccccc6-c6ccccc65)cc4)c3)cc2)cc1. The summed E-state index contributed by atoms with van der Waals surface area (Å²) >= 11 is 1.86. The zero-order valence-electron chi connectivity index (χ0n) is 34.5. The zero-order valence-corrected chi connectivity index (χ0v) is 35.3. The van der Waals surface area contributed by atoms with Crippen LogP contribution in [0.15, 0.2) is 249 Å². The maximum absolute atomic E-state index is 2.40. The molecule has 0 atom stereocenters. The van der Waals surface area contributed by atoms with Crippen LogP contribution in [0.5, 0.6) is 0 Å². The van der Waals surface area contributed by atoms with Crippen LogP contribution in [0.25, 0.3) is 64.7 Å². The first-order valence-electron chi connectivity index (χ1n) is 21.7. The smallest absolute Gasteiger partial charge is 0.0713 e. The molecule has 0 unspecified atom stereocenters. The summed E-state index contributed by atoms with van der Waals surface area (Å²) in [6.45, 7) is 0. The maximum Gasteiger partial charge on any atom is 0.0713 e. The number of rotatable bonds is 8. The van der Waals surface area contributed by atoms with Gasteiger partial charge in [0, 0.05) is 37.2 Å². The van der Waals surface area contributed by atoms with Crippen LogP contribution >= 0.6 is 11.3 Å². The summed E-state index contributed by atoms with van der Waals surface area (Å²) in [7, 11) is 0. The molecule has 0 saturated heterocycles. The molecule has 12 rings (SSSR count). The Labute approximate surface area is 372 Å². The molecule has 0 amide bonds. The number of fused-ring (bicyclic) bond motifs is 6. The number of benzene rings is 10. The molecule has 1 nitrogen and oxygen atoms in total. The van der Waals surface area contributed by atoms with E-state index in [0.29, 0.717) is 0 Å². The predicted molar refractivity (Wildman–Crippen MR) is 268 cm³/mol. The molecule has 63 heavy (non-hydrogen) atoms. The molecule has 0 saturated carbocycles. The van der Waals surface area contributed by atoms with Gasteiger partial charge >= 0.3 is 0 Å². The second kappa shape index (κ2) is 15.3. The molecule has 0 bridgehead atoms. The zero-order chi connectivity index (χ0) is 41.7.